The van der Waals surface area contributed by atoms with E-state index in [-0.39, 0.29) is 0 Å². The topological polar surface area (TPSA) is 13.1 Å². The van der Waals surface area contributed by atoms with Crippen LogP contribution in [-0.4, -0.2) is 0 Å². The van der Waals surface area contributed by atoms with Gasteiger partial charge in [-0.2, -0.15) is 0 Å². The summed E-state index contributed by atoms with van der Waals surface area (Å²) in [5.74, 6) is 0. The van der Waals surface area contributed by atoms with Crippen LogP contribution in [-0.2, 0) is 0 Å². The lowest BCUT2D eigenvalue weighted by Gasteiger charge is -2.20. The maximum atomic E-state index is 6.10. The fraction of sp³-hybridized carbons (Fsp3) is 0. The van der Waals surface area contributed by atoms with Crippen molar-refractivity contribution in [3.8, 4) is 89.0 Å². The molecule has 0 fully saturated rings. The van der Waals surface area contributed by atoms with Gasteiger partial charge in [-0.25, -0.2) is 0 Å². The Morgan fingerprint density at radius 3 is 0.817 bits per heavy atom. The van der Waals surface area contributed by atoms with E-state index in [1.54, 1.807) is 0 Å². The molecule has 22 aromatic rings. The SMILES string of the molecule is c1ccc(-c2c3ccccc3c(-c3ccc4oc5ccccc5c4c3)c3ccccc23)cc1.c1ccc(-c2c3ccccc3c(-c3cccc4ccccc34)c3cc(-c4cccc5ccccc45)ccc23)cc1.c1ccc(-c2ccc(-c3c4ccccc4c(-c4cccc5ccccc45)c4ccccc34)cc2)cc1. The maximum Gasteiger partial charge on any atom is 0.135 e. The van der Waals surface area contributed by atoms with Crippen LogP contribution in [0.4, 0.5) is 0 Å². The Labute approximate surface area is 632 Å². The minimum absolute atomic E-state index is 0.925. The van der Waals surface area contributed by atoms with Crippen LogP contribution in [0.3, 0.4) is 0 Å². The molecular weight excluding hydrogens is 1310 g/mol. The molecule has 0 unspecified atom stereocenters. The quantitative estimate of drug-likeness (QED) is 0.138. The molecule has 0 atom stereocenters. The smallest absolute Gasteiger partial charge is 0.135 e. The average molecular weight is 1380 g/mol. The maximum absolute atomic E-state index is 6.10. The largest absolute Gasteiger partial charge is 0.456 e. The molecule has 0 N–H and O–H groups in total. The second-order valence-corrected chi connectivity index (χ2v) is 28.3. The normalized spacial score (nSPS) is 11.5. The summed E-state index contributed by atoms with van der Waals surface area (Å²) in [5.41, 5.74) is 22.1. The molecule has 109 heavy (non-hydrogen) atoms. The third-order valence-electron chi connectivity index (χ3n) is 22.2. The standard InChI is InChI=1S/C40H26.C36H24.C32H20O/c1-2-14-29(15-3-1)39-35-20-8-9-21-36(35)40(34-23-11-17-28-13-5-7-19-32(28)34)38-26-30(24-25-37(38)39)33-22-10-16-27-12-4-6-18-31(27)33;1-2-11-25(12-3-1)26-21-23-28(24-22-26)35-31-16-6-8-18-33(31)36(34-19-9-7-17-32(34)35)30-20-10-14-27-13-4-5-15-29(27)30;1-2-10-21(11-3-1)31-24-13-4-6-15-26(24)32(27-16-7-5-14-25(27)31)22-18-19-30-28(20-22)23-12-8-9-17-29(23)33-30/h1-26H;1-24H;1-20H. The van der Waals surface area contributed by atoms with Gasteiger partial charge in [0.2, 0.25) is 0 Å². The molecule has 1 aromatic heterocycles. The molecule has 0 radical (unpaired) electrons. The van der Waals surface area contributed by atoms with Crippen LogP contribution in [0, 0.1) is 0 Å². The van der Waals surface area contributed by atoms with E-state index in [0.717, 1.165) is 21.9 Å². The van der Waals surface area contributed by atoms with E-state index in [0.29, 0.717) is 0 Å². The summed E-state index contributed by atoms with van der Waals surface area (Å²) >= 11 is 0. The van der Waals surface area contributed by atoms with Gasteiger partial charge in [-0.05, 0) is 210 Å². The molecular formula is C108H70O. The fourth-order valence-electron chi connectivity index (χ4n) is 17.3. The van der Waals surface area contributed by atoms with Crippen molar-refractivity contribution in [2.45, 2.75) is 0 Å². The zero-order valence-electron chi connectivity index (χ0n) is 59.8. The second kappa shape index (κ2) is 27.7. The third kappa shape index (κ3) is 11.4. The van der Waals surface area contributed by atoms with Crippen molar-refractivity contribution in [1.29, 1.82) is 0 Å². The number of para-hydroxylation sites is 1. The number of rotatable bonds is 8. The van der Waals surface area contributed by atoms with E-state index in [1.165, 1.54) is 186 Å². The minimum atomic E-state index is 0.925. The molecule has 1 heteroatoms. The highest BCUT2D eigenvalue weighted by Gasteiger charge is 2.23. The van der Waals surface area contributed by atoms with Crippen molar-refractivity contribution in [1.82, 2.24) is 0 Å². The zero-order valence-corrected chi connectivity index (χ0v) is 59.8. The van der Waals surface area contributed by atoms with Gasteiger partial charge in [0.25, 0.3) is 0 Å². The molecule has 508 valence electrons. The van der Waals surface area contributed by atoms with Gasteiger partial charge in [0.1, 0.15) is 11.2 Å². The molecule has 1 heterocycles. The first-order valence-electron chi connectivity index (χ1n) is 37.6. The first-order valence-corrected chi connectivity index (χ1v) is 37.6. The predicted octanol–water partition coefficient (Wildman–Crippen LogP) is 30.7. The summed E-state index contributed by atoms with van der Waals surface area (Å²) in [5, 5.41) is 25.3. The molecule has 0 bridgehead atoms. The molecule has 0 saturated carbocycles. The molecule has 0 aliphatic carbocycles. The first-order chi connectivity index (χ1) is 54.1. The summed E-state index contributed by atoms with van der Waals surface area (Å²) < 4.78 is 6.10. The van der Waals surface area contributed by atoms with Crippen molar-refractivity contribution in [2.75, 3.05) is 0 Å². The van der Waals surface area contributed by atoms with Gasteiger partial charge in [0.15, 0.2) is 0 Å². The van der Waals surface area contributed by atoms with E-state index in [1.807, 2.05) is 12.1 Å². The summed E-state index contributed by atoms with van der Waals surface area (Å²) in [4.78, 5) is 0. The van der Waals surface area contributed by atoms with Crippen LogP contribution < -0.4 is 0 Å². The van der Waals surface area contributed by atoms with Crippen molar-refractivity contribution in [2.24, 2.45) is 0 Å². The molecule has 22 rings (SSSR count). The van der Waals surface area contributed by atoms with Gasteiger partial charge in [-0.1, -0.05) is 400 Å². The van der Waals surface area contributed by atoms with Gasteiger partial charge in [0.05, 0.1) is 0 Å². The van der Waals surface area contributed by atoms with Crippen LogP contribution in [0.2, 0.25) is 0 Å². The summed E-state index contributed by atoms with van der Waals surface area (Å²) in [6.07, 6.45) is 0. The molecule has 0 aliphatic rings. The molecule has 0 saturated heterocycles. The average Bonchev–Trinajstić information content (AvgIpc) is 1.12. The van der Waals surface area contributed by atoms with E-state index in [4.69, 9.17) is 4.42 Å². The lowest BCUT2D eigenvalue weighted by atomic mass is 9.83. The molecule has 1 nitrogen and oxygen atoms in total. The number of hydrogen-bond donors (Lipinski definition) is 0. The lowest BCUT2D eigenvalue weighted by Crippen LogP contribution is -1.92. The van der Waals surface area contributed by atoms with E-state index in [2.05, 4.69) is 413 Å². The Hall–Kier alpha value is -14.2. The van der Waals surface area contributed by atoms with Gasteiger partial charge in [-0.15, -0.1) is 0 Å². The molecule has 0 spiro atoms. The number of fused-ring (bicyclic) bond motifs is 12. The van der Waals surface area contributed by atoms with Crippen LogP contribution in [0.25, 0.3) is 208 Å². The van der Waals surface area contributed by atoms with Crippen LogP contribution in [0.5, 0.6) is 0 Å². The Bertz CT molecular complexity index is 7120. The van der Waals surface area contributed by atoms with Gasteiger partial charge >= 0.3 is 0 Å². The minimum Gasteiger partial charge on any atom is -0.456 e. The first kappa shape index (κ1) is 64.4. The molecule has 0 aliphatic heterocycles. The summed E-state index contributed by atoms with van der Waals surface area (Å²) in [6.45, 7) is 0. The fourth-order valence-corrected chi connectivity index (χ4v) is 17.3. The van der Waals surface area contributed by atoms with E-state index < -0.39 is 0 Å². The number of furan rings is 1. The third-order valence-corrected chi connectivity index (χ3v) is 22.2. The monoisotopic (exact) mass is 1380 g/mol. The van der Waals surface area contributed by atoms with Crippen molar-refractivity contribution in [3.63, 3.8) is 0 Å². The highest BCUT2D eigenvalue weighted by atomic mass is 16.3. The Morgan fingerprint density at radius 2 is 0.376 bits per heavy atom. The highest BCUT2D eigenvalue weighted by Crippen LogP contribution is 2.50. The summed E-state index contributed by atoms with van der Waals surface area (Å²) in [7, 11) is 0. The van der Waals surface area contributed by atoms with Crippen LogP contribution in [0.1, 0.15) is 0 Å². The number of benzene rings is 21. The van der Waals surface area contributed by atoms with Crippen molar-refractivity contribution >= 4 is 119 Å². The summed E-state index contributed by atoms with van der Waals surface area (Å²) in [6, 6.07) is 153. The highest BCUT2D eigenvalue weighted by molar-refractivity contribution is 6.27. The second-order valence-electron chi connectivity index (χ2n) is 28.3. The van der Waals surface area contributed by atoms with Crippen molar-refractivity contribution in [3.05, 3.63) is 425 Å². The van der Waals surface area contributed by atoms with Crippen LogP contribution in [0.15, 0.2) is 429 Å². The molecule has 21 aromatic carbocycles. The molecule has 0 amide bonds. The predicted molar refractivity (Wildman–Crippen MR) is 468 cm³/mol. The van der Waals surface area contributed by atoms with E-state index >= 15 is 0 Å². The number of hydrogen-bond acceptors (Lipinski definition) is 1. The van der Waals surface area contributed by atoms with Gasteiger partial charge < -0.3 is 4.42 Å². The van der Waals surface area contributed by atoms with Gasteiger partial charge in [0, 0.05) is 10.8 Å². The van der Waals surface area contributed by atoms with Crippen LogP contribution >= 0.6 is 0 Å². The van der Waals surface area contributed by atoms with Crippen molar-refractivity contribution < 1.29 is 4.42 Å². The zero-order chi connectivity index (χ0) is 72.1. The lowest BCUT2D eigenvalue weighted by molar-refractivity contribution is 0.669. The Balaban J connectivity index is 0.000000108. The van der Waals surface area contributed by atoms with Gasteiger partial charge in [-0.3, -0.25) is 0 Å². The van der Waals surface area contributed by atoms with E-state index in [9.17, 15) is 0 Å². The Kier molecular flexibility index (Phi) is 16.3. The Morgan fingerprint density at radius 1 is 0.119 bits per heavy atom.